The molecule has 4 rings (SSSR count). The Morgan fingerprint density at radius 2 is 1.88 bits per heavy atom. The predicted molar refractivity (Wildman–Crippen MR) is 133 cm³/mol. The summed E-state index contributed by atoms with van der Waals surface area (Å²) in [5.74, 6) is -0.162. The Morgan fingerprint density at radius 1 is 1.15 bits per heavy atom. The third-order valence-corrected chi connectivity index (χ3v) is 7.78. The first-order chi connectivity index (χ1) is 15.6. The number of anilines is 1. The molecule has 0 saturated heterocycles. The molecule has 1 aliphatic heterocycles. The van der Waals surface area contributed by atoms with Gasteiger partial charge in [0.15, 0.2) is 0 Å². The van der Waals surface area contributed by atoms with Crippen LogP contribution < -0.4 is 16.4 Å². The van der Waals surface area contributed by atoms with Crippen molar-refractivity contribution in [1.29, 1.82) is 0 Å². The number of nitrogens with two attached hydrogens (primary N) is 1. The number of aliphatic hydroxyl groups excluding tert-OH is 1. The molecule has 2 heterocycles. The Hall–Kier alpha value is -2.32. The van der Waals surface area contributed by atoms with E-state index in [-0.39, 0.29) is 17.6 Å². The molecule has 3 atom stereocenters. The number of nitrogens with one attached hydrogen (secondary N) is 2. The van der Waals surface area contributed by atoms with Crippen LogP contribution in [0.2, 0.25) is 0 Å². The lowest BCUT2D eigenvalue weighted by atomic mass is 9.64. The van der Waals surface area contributed by atoms with Gasteiger partial charge in [-0.25, -0.2) is 0 Å². The topological polar surface area (TPSA) is 93.7 Å². The average Bonchev–Trinajstić information content (AvgIpc) is 3.23. The quantitative estimate of drug-likeness (QED) is 0.359. The van der Waals surface area contributed by atoms with Crippen LogP contribution in [0.3, 0.4) is 0 Å². The van der Waals surface area contributed by atoms with E-state index in [1.807, 2.05) is 31.2 Å². The number of ether oxygens (including phenoxy) is 2. The summed E-state index contributed by atoms with van der Waals surface area (Å²) >= 11 is 0. The van der Waals surface area contributed by atoms with Crippen LogP contribution in [0.1, 0.15) is 41.0 Å². The summed E-state index contributed by atoms with van der Waals surface area (Å²) < 4.78 is 14.2. The molecule has 7 nitrogen and oxygen atoms in total. The van der Waals surface area contributed by atoms with Crippen molar-refractivity contribution in [3.8, 4) is 0 Å². The highest BCUT2D eigenvalue weighted by Crippen LogP contribution is 2.56. The van der Waals surface area contributed by atoms with Gasteiger partial charge >= 0.3 is 0 Å². The molecule has 1 aliphatic carbocycles. The second kappa shape index (κ2) is 8.17. The Balaban J connectivity index is 1.90. The first-order valence-electron chi connectivity index (χ1n) is 11.8. The molecule has 0 amide bonds. The summed E-state index contributed by atoms with van der Waals surface area (Å²) in [6, 6.07) is 10.2. The Morgan fingerprint density at radius 3 is 2.52 bits per heavy atom. The molecular formula is C26H38N4O3. The molecule has 2 aliphatic rings. The van der Waals surface area contributed by atoms with Gasteiger partial charge in [-0.3, -0.25) is 0 Å². The van der Waals surface area contributed by atoms with Crippen LogP contribution in [-0.2, 0) is 16.0 Å². The Labute approximate surface area is 196 Å². The SMILES string of the molecule is CCOC1(OC)C=CC(N)(Nc2cc3ccccc3n2CCO)C2=C1NC(C)(C)C2(C)CC. The second-order valence-corrected chi connectivity index (χ2v) is 9.78. The van der Waals surface area contributed by atoms with Gasteiger partial charge in [-0.15, -0.1) is 0 Å². The van der Waals surface area contributed by atoms with Gasteiger partial charge in [0.25, 0.3) is 0 Å². The number of aromatic nitrogens is 1. The van der Waals surface area contributed by atoms with Gasteiger partial charge in [0.1, 0.15) is 11.5 Å². The second-order valence-electron chi connectivity index (χ2n) is 9.78. The molecule has 0 fully saturated rings. The number of hydrogen-bond acceptors (Lipinski definition) is 6. The zero-order valence-electron chi connectivity index (χ0n) is 20.7. The van der Waals surface area contributed by atoms with Gasteiger partial charge in [-0.1, -0.05) is 32.0 Å². The molecule has 3 unspecified atom stereocenters. The lowest BCUT2D eigenvalue weighted by molar-refractivity contribution is -0.163. The van der Waals surface area contributed by atoms with Crippen molar-refractivity contribution in [2.75, 3.05) is 25.6 Å². The van der Waals surface area contributed by atoms with Gasteiger partial charge in [-0.2, -0.15) is 0 Å². The van der Waals surface area contributed by atoms with E-state index in [9.17, 15) is 5.11 Å². The highest BCUT2D eigenvalue weighted by atomic mass is 16.7. The maximum Gasteiger partial charge on any atom is 0.230 e. The third-order valence-electron chi connectivity index (χ3n) is 7.78. The van der Waals surface area contributed by atoms with E-state index in [1.165, 1.54) is 0 Å². The minimum absolute atomic E-state index is 0.0348. The van der Waals surface area contributed by atoms with Crippen LogP contribution in [0.25, 0.3) is 10.9 Å². The first-order valence-corrected chi connectivity index (χ1v) is 11.8. The smallest absolute Gasteiger partial charge is 0.230 e. The third kappa shape index (κ3) is 3.41. The standard InChI is InChI=1S/C26H38N4O3/c1-7-24(5)21-22(29-23(24,3)4)26(32-6,33-8-2)14-13-25(21,27)28-20-17-18-11-9-10-12-19(18)30(20)15-16-31/h9-14,17,28-29,31H,7-8,15-16,27H2,1-6H3. The number of para-hydroxylation sites is 1. The number of hydrogen-bond donors (Lipinski definition) is 4. The number of aliphatic hydroxyl groups is 1. The van der Waals surface area contributed by atoms with E-state index in [0.29, 0.717) is 13.2 Å². The average molecular weight is 455 g/mol. The highest BCUT2D eigenvalue weighted by Gasteiger charge is 2.60. The summed E-state index contributed by atoms with van der Waals surface area (Å²) in [4.78, 5) is 0. The maximum atomic E-state index is 9.75. The number of rotatable bonds is 8. The highest BCUT2D eigenvalue weighted by molar-refractivity contribution is 5.85. The van der Waals surface area contributed by atoms with Crippen molar-refractivity contribution in [1.82, 2.24) is 9.88 Å². The molecule has 0 bridgehead atoms. The fraction of sp³-hybridized carbons (Fsp3) is 0.538. The van der Waals surface area contributed by atoms with E-state index in [2.05, 4.69) is 61.1 Å². The molecule has 180 valence electrons. The number of methoxy groups -OCH3 is 1. The minimum atomic E-state index is -1.02. The molecule has 1 aromatic carbocycles. The van der Waals surface area contributed by atoms with Crippen LogP contribution in [-0.4, -0.2) is 47.0 Å². The summed E-state index contributed by atoms with van der Waals surface area (Å²) in [7, 11) is 1.66. The number of fused-ring (bicyclic) bond motifs is 1. The molecule has 33 heavy (non-hydrogen) atoms. The van der Waals surface area contributed by atoms with Crippen LogP contribution in [0.5, 0.6) is 0 Å². The van der Waals surface area contributed by atoms with E-state index in [4.69, 9.17) is 15.2 Å². The molecule has 0 spiro atoms. The van der Waals surface area contributed by atoms with E-state index in [0.717, 1.165) is 34.4 Å². The van der Waals surface area contributed by atoms with Crippen molar-refractivity contribution in [3.63, 3.8) is 0 Å². The van der Waals surface area contributed by atoms with Gasteiger partial charge in [-0.05, 0) is 51.5 Å². The number of nitrogens with zero attached hydrogens (tertiary/aromatic N) is 1. The summed E-state index contributed by atoms with van der Waals surface area (Å²) in [6.45, 7) is 11.8. The monoisotopic (exact) mass is 454 g/mol. The molecule has 0 radical (unpaired) electrons. The fourth-order valence-electron chi connectivity index (χ4n) is 5.59. The summed E-state index contributed by atoms with van der Waals surface area (Å²) in [5, 5.41) is 18.2. The predicted octanol–water partition coefficient (Wildman–Crippen LogP) is 3.70. The van der Waals surface area contributed by atoms with Crippen molar-refractivity contribution >= 4 is 16.7 Å². The van der Waals surface area contributed by atoms with Gasteiger partial charge < -0.3 is 35.5 Å². The normalized spacial score (nSPS) is 30.5. The van der Waals surface area contributed by atoms with Crippen molar-refractivity contribution in [3.05, 3.63) is 53.8 Å². The lowest BCUT2D eigenvalue weighted by Crippen LogP contribution is -2.57. The van der Waals surface area contributed by atoms with Crippen molar-refractivity contribution in [2.24, 2.45) is 11.1 Å². The Kier molecular flexibility index (Phi) is 5.90. The lowest BCUT2D eigenvalue weighted by Gasteiger charge is -2.46. The van der Waals surface area contributed by atoms with Crippen molar-refractivity contribution in [2.45, 2.75) is 64.6 Å². The van der Waals surface area contributed by atoms with Crippen LogP contribution >= 0.6 is 0 Å². The summed E-state index contributed by atoms with van der Waals surface area (Å²) in [5.41, 5.74) is 8.64. The van der Waals surface area contributed by atoms with Gasteiger partial charge in [0.05, 0.1) is 12.3 Å². The first kappa shape index (κ1) is 23.8. The van der Waals surface area contributed by atoms with Crippen molar-refractivity contribution < 1.29 is 14.6 Å². The molecule has 1 aromatic heterocycles. The van der Waals surface area contributed by atoms with E-state index in [1.54, 1.807) is 7.11 Å². The molecule has 7 heteroatoms. The molecule has 5 N–H and O–H groups in total. The summed E-state index contributed by atoms with van der Waals surface area (Å²) in [6.07, 6.45) is 4.75. The Bertz CT molecular complexity index is 1100. The zero-order chi connectivity index (χ0) is 24.1. The molecule has 0 saturated carbocycles. The largest absolute Gasteiger partial charge is 0.395 e. The molecule has 2 aromatic rings. The fourth-order valence-corrected chi connectivity index (χ4v) is 5.59. The van der Waals surface area contributed by atoms with Gasteiger partial charge in [0, 0.05) is 47.7 Å². The van der Waals surface area contributed by atoms with Crippen LogP contribution in [0, 0.1) is 5.41 Å². The minimum Gasteiger partial charge on any atom is -0.395 e. The van der Waals surface area contributed by atoms with E-state index >= 15 is 0 Å². The van der Waals surface area contributed by atoms with Crippen LogP contribution in [0.4, 0.5) is 5.82 Å². The zero-order valence-corrected chi connectivity index (χ0v) is 20.7. The number of benzene rings is 1. The maximum absolute atomic E-state index is 9.75. The van der Waals surface area contributed by atoms with Gasteiger partial charge in [0.2, 0.25) is 5.79 Å². The van der Waals surface area contributed by atoms with Crippen LogP contribution in [0.15, 0.2) is 53.8 Å². The van der Waals surface area contributed by atoms with E-state index < -0.39 is 11.4 Å². The molecular weight excluding hydrogens is 416 g/mol.